The lowest BCUT2D eigenvalue weighted by Gasteiger charge is -2.28. The van der Waals surface area contributed by atoms with E-state index in [1.807, 2.05) is 81.9 Å². The maximum Gasteiger partial charge on any atom is 0.306 e. The number of hydrogen-bond donors (Lipinski definition) is 0. The lowest BCUT2D eigenvalue weighted by atomic mass is 10.2. The van der Waals surface area contributed by atoms with Crippen LogP contribution in [0.1, 0.15) is 90.9 Å². The van der Waals surface area contributed by atoms with Crippen LogP contribution in [0, 0.1) is 0 Å². The fourth-order valence-electron chi connectivity index (χ4n) is 4.13. The minimum absolute atomic E-state index is 0.0612. The predicted octanol–water partition coefficient (Wildman–Crippen LogP) is 9.93. The zero-order valence-corrected chi connectivity index (χ0v) is 34.5. The van der Waals surface area contributed by atoms with E-state index in [-0.39, 0.29) is 26.1 Å². The molecule has 0 aliphatic carbocycles. The van der Waals surface area contributed by atoms with Crippen molar-refractivity contribution in [3.8, 4) is 0 Å². The van der Waals surface area contributed by atoms with Crippen LogP contribution in [-0.4, -0.2) is 70.0 Å². The van der Waals surface area contributed by atoms with Gasteiger partial charge in [0.25, 0.3) is 7.82 Å². The SMILES string of the molecule is CC/C=C/C=C/C=C/C=C/C=C/CCCC(=O)OC(COC(=O)CCC/C=C/C/C=C/C/C=C/C/C=C/C/C=C/CC)COP(=O)([O-])OCC[N+](C)(C)C. The molecule has 10 heteroatoms. The molecule has 0 aliphatic rings. The summed E-state index contributed by atoms with van der Waals surface area (Å²) in [5, 5.41) is 0. The van der Waals surface area contributed by atoms with Gasteiger partial charge in [-0.3, -0.25) is 14.2 Å². The smallest absolute Gasteiger partial charge is 0.306 e. The third kappa shape index (κ3) is 38.1. The van der Waals surface area contributed by atoms with Gasteiger partial charge >= 0.3 is 11.9 Å². The first-order valence-electron chi connectivity index (χ1n) is 19.3. The summed E-state index contributed by atoms with van der Waals surface area (Å²) in [4.78, 5) is 37.3. The highest BCUT2D eigenvalue weighted by molar-refractivity contribution is 7.45. The van der Waals surface area contributed by atoms with Gasteiger partial charge in [-0.2, -0.15) is 0 Å². The van der Waals surface area contributed by atoms with Crippen LogP contribution in [0.4, 0.5) is 0 Å². The Labute approximate surface area is 327 Å². The number of rotatable bonds is 32. The van der Waals surface area contributed by atoms with Gasteiger partial charge in [0.05, 0.1) is 27.7 Å². The fourth-order valence-corrected chi connectivity index (χ4v) is 4.86. The molecule has 0 heterocycles. The number of ether oxygens (including phenoxy) is 2. The Morgan fingerprint density at radius 2 is 1.06 bits per heavy atom. The van der Waals surface area contributed by atoms with Crippen molar-refractivity contribution in [2.24, 2.45) is 0 Å². The molecule has 0 amide bonds. The molecular formula is C44H68NO8P. The van der Waals surface area contributed by atoms with Gasteiger partial charge in [-0.25, -0.2) is 0 Å². The molecule has 2 atom stereocenters. The number of phosphoric ester groups is 1. The molecule has 0 fully saturated rings. The molecule has 302 valence electrons. The zero-order chi connectivity index (χ0) is 40.0. The normalized spacial score (nSPS) is 15.0. The van der Waals surface area contributed by atoms with Crippen molar-refractivity contribution in [3.63, 3.8) is 0 Å². The zero-order valence-electron chi connectivity index (χ0n) is 33.6. The molecule has 9 nitrogen and oxygen atoms in total. The first kappa shape index (κ1) is 50.4. The average molecular weight is 770 g/mol. The van der Waals surface area contributed by atoms with Crippen LogP contribution in [-0.2, 0) is 32.7 Å². The second-order valence-electron chi connectivity index (χ2n) is 13.3. The number of unbranched alkanes of at least 4 members (excludes halogenated alkanes) is 2. The monoisotopic (exact) mass is 769 g/mol. The number of allylic oxidation sites excluding steroid dienone is 20. The summed E-state index contributed by atoms with van der Waals surface area (Å²) in [5.74, 6) is -1.01. The van der Waals surface area contributed by atoms with Crippen molar-refractivity contribution < 1.29 is 42.1 Å². The number of hydrogen-bond acceptors (Lipinski definition) is 8. The number of nitrogens with zero attached hydrogens (tertiary/aromatic N) is 1. The summed E-state index contributed by atoms with van der Waals surface area (Å²) in [5.41, 5.74) is 0. The Hall–Kier alpha value is -3.59. The highest BCUT2D eigenvalue weighted by Gasteiger charge is 2.21. The summed E-state index contributed by atoms with van der Waals surface area (Å²) in [6.07, 6.45) is 48.3. The van der Waals surface area contributed by atoms with E-state index in [2.05, 4.69) is 74.6 Å². The molecule has 0 aliphatic heterocycles. The van der Waals surface area contributed by atoms with Gasteiger partial charge in [0.2, 0.25) is 0 Å². The lowest BCUT2D eigenvalue weighted by Crippen LogP contribution is -2.37. The van der Waals surface area contributed by atoms with Crippen LogP contribution in [0.2, 0.25) is 0 Å². The van der Waals surface area contributed by atoms with E-state index < -0.39 is 32.5 Å². The van der Waals surface area contributed by atoms with Crippen molar-refractivity contribution in [2.75, 3.05) is 47.5 Å². The number of phosphoric acid groups is 1. The number of carbonyl (C=O) groups excluding carboxylic acids is 2. The largest absolute Gasteiger partial charge is 0.756 e. The Bertz CT molecular complexity index is 1330. The van der Waals surface area contributed by atoms with Crippen molar-refractivity contribution >= 4 is 19.8 Å². The average Bonchev–Trinajstić information content (AvgIpc) is 3.12. The first-order valence-corrected chi connectivity index (χ1v) is 20.8. The summed E-state index contributed by atoms with van der Waals surface area (Å²) >= 11 is 0. The second-order valence-corrected chi connectivity index (χ2v) is 14.7. The van der Waals surface area contributed by atoms with Crippen LogP contribution in [0.3, 0.4) is 0 Å². The quantitative estimate of drug-likeness (QED) is 0.0166. The highest BCUT2D eigenvalue weighted by Crippen LogP contribution is 2.38. The van der Waals surface area contributed by atoms with E-state index in [4.69, 9.17) is 18.5 Å². The maximum atomic E-state index is 12.6. The number of quaternary nitrogens is 1. The van der Waals surface area contributed by atoms with E-state index in [0.717, 1.165) is 38.5 Å². The molecule has 0 saturated heterocycles. The molecule has 0 spiro atoms. The van der Waals surface area contributed by atoms with Crippen molar-refractivity contribution in [1.82, 2.24) is 0 Å². The van der Waals surface area contributed by atoms with Gasteiger partial charge < -0.3 is 27.9 Å². The van der Waals surface area contributed by atoms with Crippen LogP contribution < -0.4 is 4.89 Å². The molecule has 0 N–H and O–H groups in total. The van der Waals surface area contributed by atoms with Crippen LogP contribution in [0.15, 0.2) is 122 Å². The second kappa shape index (κ2) is 35.1. The van der Waals surface area contributed by atoms with Crippen molar-refractivity contribution in [1.29, 1.82) is 0 Å². The van der Waals surface area contributed by atoms with Crippen molar-refractivity contribution in [2.45, 2.75) is 97.0 Å². The number of likely N-dealkylation sites (N-methyl/N-ethyl adjacent to an activating group) is 1. The molecule has 0 rings (SSSR count). The van der Waals surface area contributed by atoms with E-state index >= 15 is 0 Å². The van der Waals surface area contributed by atoms with Crippen LogP contribution in [0.5, 0.6) is 0 Å². The Morgan fingerprint density at radius 3 is 1.59 bits per heavy atom. The molecule has 0 saturated carbocycles. The van der Waals surface area contributed by atoms with Gasteiger partial charge in [0.1, 0.15) is 19.8 Å². The summed E-state index contributed by atoms with van der Waals surface area (Å²) in [6.45, 7) is 3.75. The minimum Gasteiger partial charge on any atom is -0.756 e. The van der Waals surface area contributed by atoms with E-state index in [1.165, 1.54) is 0 Å². The summed E-state index contributed by atoms with van der Waals surface area (Å²) < 4.78 is 33.6. The Kier molecular flexibility index (Phi) is 32.8. The van der Waals surface area contributed by atoms with Gasteiger partial charge in [0, 0.05) is 12.8 Å². The Morgan fingerprint density at radius 1 is 0.593 bits per heavy atom. The highest BCUT2D eigenvalue weighted by atomic mass is 31.2. The topological polar surface area (TPSA) is 111 Å². The molecule has 54 heavy (non-hydrogen) atoms. The summed E-state index contributed by atoms with van der Waals surface area (Å²) in [7, 11) is 1.06. The number of esters is 2. The summed E-state index contributed by atoms with van der Waals surface area (Å²) in [6, 6.07) is 0. The third-order valence-corrected chi connectivity index (χ3v) is 8.07. The molecule has 0 aromatic rings. The molecule has 0 radical (unpaired) electrons. The fraction of sp³-hybridized carbons (Fsp3) is 0.500. The minimum atomic E-state index is -4.66. The first-order chi connectivity index (χ1) is 26.0. The Balaban J connectivity index is 4.67. The van der Waals surface area contributed by atoms with E-state index in [0.29, 0.717) is 36.7 Å². The van der Waals surface area contributed by atoms with Crippen LogP contribution in [0.25, 0.3) is 0 Å². The number of carbonyl (C=O) groups is 2. The standard InChI is InChI=1S/C44H68NO8P/c1-6-8-10-12-14-16-18-20-21-22-23-25-26-28-30-32-34-36-43(46)50-40-42(41-52-54(48,49)51-39-38-45(3,4)5)53-44(47)37-35-33-31-29-27-24-19-17-15-13-11-9-7-2/h8-11,13-17,19-21,23-25,27-31,42H,6-7,12,18,22,26,32-41H2,1-5H3/b10-8+,11-9+,15-13+,16-14+,19-17+,21-20+,25-23+,27-24+,30-28+,31-29+. The molecule has 0 aromatic heterocycles. The molecule has 0 bridgehead atoms. The van der Waals surface area contributed by atoms with Gasteiger partial charge in [-0.05, 0) is 64.2 Å². The van der Waals surface area contributed by atoms with Gasteiger partial charge in [-0.1, -0.05) is 135 Å². The molecular weight excluding hydrogens is 701 g/mol. The lowest BCUT2D eigenvalue weighted by molar-refractivity contribution is -0.870. The van der Waals surface area contributed by atoms with Crippen LogP contribution >= 0.6 is 7.82 Å². The van der Waals surface area contributed by atoms with Crippen molar-refractivity contribution in [3.05, 3.63) is 122 Å². The third-order valence-electron chi connectivity index (χ3n) is 7.11. The van der Waals surface area contributed by atoms with Gasteiger partial charge in [0.15, 0.2) is 6.10 Å². The molecule has 2 unspecified atom stereocenters. The van der Waals surface area contributed by atoms with Gasteiger partial charge in [-0.15, -0.1) is 0 Å². The molecule has 0 aromatic carbocycles. The van der Waals surface area contributed by atoms with E-state index in [1.54, 1.807) is 0 Å². The predicted molar refractivity (Wildman–Crippen MR) is 221 cm³/mol. The van der Waals surface area contributed by atoms with E-state index in [9.17, 15) is 19.0 Å². The maximum absolute atomic E-state index is 12.6.